The number of rotatable bonds is 3. The Morgan fingerprint density at radius 1 is 1.06 bits per heavy atom. The summed E-state index contributed by atoms with van der Waals surface area (Å²) in [4.78, 5) is 23.5. The molecule has 4 aromatic rings. The Bertz CT molecular complexity index is 1380. The van der Waals surface area contributed by atoms with E-state index in [0.717, 1.165) is 11.1 Å². The maximum atomic E-state index is 15.1. The first-order valence-corrected chi connectivity index (χ1v) is 11.4. The van der Waals surface area contributed by atoms with Crippen molar-refractivity contribution in [3.63, 3.8) is 0 Å². The number of aromatic nitrogens is 4. The van der Waals surface area contributed by atoms with E-state index < -0.39 is 17.7 Å². The highest BCUT2D eigenvalue weighted by atomic mass is 19.3. The Morgan fingerprint density at radius 3 is 2.44 bits per heavy atom. The quantitative estimate of drug-likeness (QED) is 0.442. The van der Waals surface area contributed by atoms with Crippen molar-refractivity contribution in [2.24, 2.45) is 7.05 Å². The number of ether oxygens (including phenoxy) is 1. The first kappa shape index (κ1) is 23.8. The fourth-order valence-corrected chi connectivity index (χ4v) is 4.58. The summed E-state index contributed by atoms with van der Waals surface area (Å²) in [5, 5.41) is 0.656. The van der Waals surface area contributed by atoms with Gasteiger partial charge in [-0.05, 0) is 37.2 Å². The molecule has 1 unspecified atom stereocenters. The smallest absolute Gasteiger partial charge is 0.329 e. The summed E-state index contributed by atoms with van der Waals surface area (Å²) in [5.74, 6) is -2.53. The number of fused-ring (bicyclic) bond motifs is 3. The van der Waals surface area contributed by atoms with E-state index in [2.05, 4.69) is 9.97 Å². The average Bonchev–Trinajstić information content (AvgIpc) is 3.10. The van der Waals surface area contributed by atoms with Crippen LogP contribution >= 0.6 is 0 Å². The second-order valence-electron chi connectivity index (χ2n) is 8.33. The van der Waals surface area contributed by atoms with Crippen LogP contribution in [0.25, 0.3) is 33.1 Å². The Hall–Kier alpha value is -3.33. The van der Waals surface area contributed by atoms with Crippen LogP contribution in [0.4, 0.5) is 8.78 Å². The van der Waals surface area contributed by atoms with E-state index in [4.69, 9.17) is 4.74 Å². The summed E-state index contributed by atoms with van der Waals surface area (Å²) in [7, 11) is 4.82. The van der Waals surface area contributed by atoms with Gasteiger partial charge in [-0.3, -0.25) is 14.1 Å². The van der Waals surface area contributed by atoms with Gasteiger partial charge in [-0.2, -0.15) is 0 Å². The topological polar surface area (TPSA) is 65.2 Å². The van der Waals surface area contributed by atoms with Gasteiger partial charge in [0.25, 0.3) is 5.92 Å². The van der Waals surface area contributed by atoms with Crippen LogP contribution in [0.1, 0.15) is 26.3 Å². The third-order valence-corrected chi connectivity index (χ3v) is 6.26. The third-order valence-electron chi connectivity index (χ3n) is 6.26. The molecular weight excluding hydrogens is 440 g/mol. The van der Waals surface area contributed by atoms with E-state index in [1.54, 1.807) is 44.6 Å². The van der Waals surface area contributed by atoms with Crippen LogP contribution in [0.5, 0.6) is 5.88 Å². The van der Waals surface area contributed by atoms with Crippen LogP contribution in [-0.2, 0) is 7.05 Å². The number of halogens is 2. The molecule has 0 N–H and O–H groups in total. The minimum atomic E-state index is -3.03. The maximum absolute atomic E-state index is 15.1. The summed E-state index contributed by atoms with van der Waals surface area (Å²) in [6.45, 7) is 4.11. The predicted molar refractivity (Wildman–Crippen MR) is 130 cm³/mol. The summed E-state index contributed by atoms with van der Waals surface area (Å²) in [5.41, 5.74) is 2.89. The van der Waals surface area contributed by atoms with Crippen LogP contribution in [0.2, 0.25) is 0 Å². The van der Waals surface area contributed by atoms with Gasteiger partial charge in [0.15, 0.2) is 0 Å². The van der Waals surface area contributed by atoms with Gasteiger partial charge in [0.2, 0.25) is 5.88 Å². The highest BCUT2D eigenvalue weighted by Gasteiger charge is 2.46. The number of methoxy groups -OCH3 is 1. The van der Waals surface area contributed by atoms with Gasteiger partial charge in [-0.25, -0.2) is 18.6 Å². The molecule has 0 amide bonds. The minimum Gasteiger partial charge on any atom is -0.481 e. The zero-order valence-electron chi connectivity index (χ0n) is 20.0. The Kier molecular flexibility index (Phi) is 6.40. The van der Waals surface area contributed by atoms with Crippen LogP contribution in [-0.4, -0.2) is 57.2 Å². The number of pyridine rings is 2. The van der Waals surface area contributed by atoms with Crippen molar-refractivity contribution in [3.05, 3.63) is 53.2 Å². The van der Waals surface area contributed by atoms with Crippen LogP contribution < -0.4 is 10.4 Å². The Labute approximate surface area is 196 Å². The Balaban J connectivity index is 0.00000133. The standard InChI is InChI=1S/C23H23F2N5O2.C2H6/c1-28-9-8-19(23(24,25)13-28)30-21-16-10-14(15-5-7-20(32-3)27-11-15)4-6-17(16)26-12-18(21)29(2)22(30)31;1-2/h4-7,10-12,19H,8-9,13H2,1-3H3;1-2H3. The lowest BCUT2D eigenvalue weighted by Gasteiger charge is -2.37. The molecule has 1 fully saturated rings. The normalized spacial score (nSPS) is 18.0. The first-order valence-electron chi connectivity index (χ1n) is 11.4. The molecule has 1 aliphatic rings. The van der Waals surface area contributed by atoms with Gasteiger partial charge in [-0.1, -0.05) is 19.9 Å². The molecule has 0 saturated carbocycles. The molecule has 0 spiro atoms. The van der Waals surface area contributed by atoms with Gasteiger partial charge in [0.05, 0.1) is 36.4 Å². The number of benzene rings is 1. The maximum Gasteiger partial charge on any atom is 0.329 e. The van der Waals surface area contributed by atoms with Gasteiger partial charge in [-0.15, -0.1) is 0 Å². The van der Waals surface area contributed by atoms with Gasteiger partial charge in [0.1, 0.15) is 6.04 Å². The van der Waals surface area contributed by atoms with Crippen molar-refractivity contribution in [1.82, 2.24) is 24.0 Å². The molecule has 7 nitrogen and oxygen atoms in total. The van der Waals surface area contributed by atoms with E-state index in [1.165, 1.54) is 9.13 Å². The van der Waals surface area contributed by atoms with Crippen molar-refractivity contribution in [1.29, 1.82) is 0 Å². The molecule has 4 heterocycles. The number of hydrogen-bond acceptors (Lipinski definition) is 5. The van der Waals surface area contributed by atoms with Crippen LogP contribution in [0.15, 0.2) is 47.5 Å². The highest BCUT2D eigenvalue weighted by molar-refractivity contribution is 6.04. The summed E-state index contributed by atoms with van der Waals surface area (Å²) < 4.78 is 38.0. The summed E-state index contributed by atoms with van der Waals surface area (Å²) in [6, 6.07) is 8.05. The largest absolute Gasteiger partial charge is 0.481 e. The lowest BCUT2D eigenvalue weighted by atomic mass is 10.00. The van der Waals surface area contributed by atoms with Crippen molar-refractivity contribution in [2.75, 3.05) is 27.2 Å². The molecule has 180 valence electrons. The lowest BCUT2D eigenvalue weighted by molar-refractivity contribution is -0.0977. The molecule has 1 aromatic carbocycles. The van der Waals surface area contributed by atoms with Gasteiger partial charge >= 0.3 is 5.69 Å². The molecule has 1 saturated heterocycles. The monoisotopic (exact) mass is 469 g/mol. The molecule has 1 atom stereocenters. The molecule has 34 heavy (non-hydrogen) atoms. The molecule has 0 bridgehead atoms. The number of piperidine rings is 1. The van der Waals surface area contributed by atoms with Crippen molar-refractivity contribution in [3.8, 4) is 17.0 Å². The predicted octanol–water partition coefficient (Wildman–Crippen LogP) is 4.50. The second-order valence-corrected chi connectivity index (χ2v) is 8.33. The first-order chi connectivity index (χ1) is 16.3. The number of imidazole rings is 1. The SMILES string of the molecule is CC.COc1ccc(-c2ccc3ncc4c(c3c2)n(C2CCN(C)CC2(F)F)c(=O)n4C)cn1. The van der Waals surface area contributed by atoms with E-state index in [1.807, 2.05) is 38.1 Å². The van der Waals surface area contributed by atoms with E-state index in [-0.39, 0.29) is 13.0 Å². The number of alkyl halides is 2. The number of likely N-dealkylation sites (tertiary alicyclic amines) is 1. The fourth-order valence-electron chi connectivity index (χ4n) is 4.58. The Morgan fingerprint density at radius 2 is 1.79 bits per heavy atom. The summed E-state index contributed by atoms with van der Waals surface area (Å²) >= 11 is 0. The third kappa shape index (κ3) is 3.94. The fraction of sp³-hybridized carbons (Fsp3) is 0.400. The number of hydrogen-bond donors (Lipinski definition) is 0. The molecule has 3 aromatic heterocycles. The number of aryl methyl sites for hydroxylation is 1. The van der Waals surface area contributed by atoms with Gasteiger partial charge < -0.3 is 9.64 Å². The van der Waals surface area contributed by atoms with E-state index in [0.29, 0.717) is 34.4 Å². The molecule has 9 heteroatoms. The van der Waals surface area contributed by atoms with E-state index >= 15 is 8.78 Å². The average molecular weight is 470 g/mol. The molecule has 1 aliphatic heterocycles. The molecule has 5 rings (SSSR count). The molecular formula is C25H29F2N5O2. The zero-order valence-corrected chi connectivity index (χ0v) is 20.0. The zero-order chi connectivity index (χ0) is 24.6. The van der Waals surface area contributed by atoms with Crippen molar-refractivity contribution < 1.29 is 13.5 Å². The highest BCUT2D eigenvalue weighted by Crippen LogP contribution is 2.39. The molecule has 0 radical (unpaired) electrons. The second kappa shape index (κ2) is 9.13. The molecule has 0 aliphatic carbocycles. The lowest BCUT2D eigenvalue weighted by Crippen LogP contribution is -2.49. The number of nitrogens with zero attached hydrogens (tertiary/aromatic N) is 5. The van der Waals surface area contributed by atoms with Gasteiger partial charge in [0, 0.05) is 36.8 Å². The summed E-state index contributed by atoms with van der Waals surface area (Å²) in [6.07, 6.45) is 3.46. The van der Waals surface area contributed by atoms with Crippen molar-refractivity contribution in [2.45, 2.75) is 32.2 Å². The van der Waals surface area contributed by atoms with E-state index in [9.17, 15) is 4.79 Å². The minimum absolute atomic E-state index is 0.189. The van der Waals surface area contributed by atoms with Crippen LogP contribution in [0.3, 0.4) is 0 Å². The van der Waals surface area contributed by atoms with Crippen molar-refractivity contribution >= 4 is 21.9 Å². The van der Waals surface area contributed by atoms with Crippen LogP contribution in [0, 0.1) is 0 Å².